The number of hydrogen-bond donors (Lipinski definition) is 2. The van der Waals surface area contributed by atoms with Crippen LogP contribution in [0.1, 0.15) is 33.1 Å². The Morgan fingerprint density at radius 2 is 1.95 bits per heavy atom. The molecule has 0 spiro atoms. The van der Waals surface area contributed by atoms with Gasteiger partial charge in [0, 0.05) is 26.2 Å². The second-order valence-corrected chi connectivity index (χ2v) is 6.29. The Morgan fingerprint density at radius 1 is 1.25 bits per heavy atom. The summed E-state index contributed by atoms with van der Waals surface area (Å²) >= 11 is 0. The van der Waals surface area contributed by atoms with Gasteiger partial charge >= 0.3 is 0 Å². The van der Waals surface area contributed by atoms with Gasteiger partial charge in [0.05, 0.1) is 18.8 Å². The van der Waals surface area contributed by atoms with Gasteiger partial charge in [-0.2, -0.15) is 0 Å². The molecule has 20 heavy (non-hydrogen) atoms. The van der Waals surface area contributed by atoms with Crippen molar-refractivity contribution in [2.75, 3.05) is 39.3 Å². The number of rotatable bonds is 8. The largest absolute Gasteiger partial charge is 0.373 e. The normalized spacial score (nSPS) is 27.5. The van der Waals surface area contributed by atoms with E-state index in [1.807, 2.05) is 0 Å². The van der Waals surface area contributed by atoms with Gasteiger partial charge in [-0.1, -0.05) is 0 Å². The predicted molar refractivity (Wildman–Crippen MR) is 79.7 cm³/mol. The SMILES string of the molecule is CC1CN(CCCNC(=O)CNCC2CC2)CC(C)O1. The van der Waals surface area contributed by atoms with E-state index in [9.17, 15) is 4.79 Å². The summed E-state index contributed by atoms with van der Waals surface area (Å²) in [5, 5.41) is 6.19. The second-order valence-electron chi connectivity index (χ2n) is 6.29. The lowest BCUT2D eigenvalue weighted by molar-refractivity contribution is -0.120. The zero-order valence-electron chi connectivity index (χ0n) is 12.9. The summed E-state index contributed by atoms with van der Waals surface area (Å²) in [6, 6.07) is 0. The highest BCUT2D eigenvalue weighted by Gasteiger charge is 2.22. The van der Waals surface area contributed by atoms with Crippen molar-refractivity contribution in [2.24, 2.45) is 5.92 Å². The summed E-state index contributed by atoms with van der Waals surface area (Å²) in [4.78, 5) is 14.0. The maximum Gasteiger partial charge on any atom is 0.233 e. The predicted octanol–water partition coefficient (Wildman–Crippen LogP) is 0.602. The van der Waals surface area contributed by atoms with E-state index in [-0.39, 0.29) is 5.91 Å². The molecule has 116 valence electrons. The Bertz CT molecular complexity index is 297. The van der Waals surface area contributed by atoms with Crippen molar-refractivity contribution >= 4 is 5.91 Å². The van der Waals surface area contributed by atoms with Crippen LogP contribution < -0.4 is 10.6 Å². The summed E-state index contributed by atoms with van der Waals surface area (Å²) in [6.45, 7) is 9.51. The van der Waals surface area contributed by atoms with E-state index in [2.05, 4.69) is 29.4 Å². The van der Waals surface area contributed by atoms with E-state index < -0.39 is 0 Å². The Hall–Kier alpha value is -0.650. The molecule has 0 aromatic rings. The lowest BCUT2D eigenvalue weighted by Gasteiger charge is -2.35. The molecule has 0 aromatic carbocycles. The van der Waals surface area contributed by atoms with Gasteiger partial charge in [0.25, 0.3) is 0 Å². The van der Waals surface area contributed by atoms with Crippen LogP contribution in [-0.2, 0) is 9.53 Å². The molecule has 2 atom stereocenters. The van der Waals surface area contributed by atoms with Crippen LogP contribution in [0.15, 0.2) is 0 Å². The van der Waals surface area contributed by atoms with Crippen molar-refractivity contribution in [3.8, 4) is 0 Å². The van der Waals surface area contributed by atoms with Crippen LogP contribution in [0.4, 0.5) is 0 Å². The summed E-state index contributed by atoms with van der Waals surface area (Å²) in [5.74, 6) is 0.947. The highest BCUT2D eigenvalue weighted by molar-refractivity contribution is 5.77. The smallest absolute Gasteiger partial charge is 0.233 e. The fourth-order valence-electron chi connectivity index (χ4n) is 2.77. The third-order valence-electron chi connectivity index (χ3n) is 3.88. The first kappa shape index (κ1) is 15.7. The maximum atomic E-state index is 11.6. The Morgan fingerprint density at radius 3 is 2.60 bits per heavy atom. The van der Waals surface area contributed by atoms with Crippen molar-refractivity contribution in [3.05, 3.63) is 0 Å². The van der Waals surface area contributed by atoms with Gasteiger partial charge < -0.3 is 15.4 Å². The second kappa shape index (κ2) is 7.96. The molecule has 1 aliphatic carbocycles. The average molecular weight is 283 g/mol. The number of nitrogens with zero attached hydrogens (tertiary/aromatic N) is 1. The van der Waals surface area contributed by atoms with Crippen LogP contribution in [0.3, 0.4) is 0 Å². The molecule has 5 nitrogen and oxygen atoms in total. The van der Waals surface area contributed by atoms with Crippen LogP contribution in [0.5, 0.6) is 0 Å². The van der Waals surface area contributed by atoms with Crippen LogP contribution in [0.2, 0.25) is 0 Å². The molecule has 2 fully saturated rings. The number of carbonyl (C=O) groups excluding carboxylic acids is 1. The number of ether oxygens (including phenoxy) is 1. The number of amides is 1. The molecule has 0 radical (unpaired) electrons. The van der Waals surface area contributed by atoms with Crippen LogP contribution in [0.25, 0.3) is 0 Å². The summed E-state index contributed by atoms with van der Waals surface area (Å²) in [5.41, 5.74) is 0. The minimum Gasteiger partial charge on any atom is -0.373 e. The van der Waals surface area contributed by atoms with Gasteiger partial charge in [-0.3, -0.25) is 9.69 Å². The van der Waals surface area contributed by atoms with Crippen molar-refractivity contribution in [3.63, 3.8) is 0 Å². The Labute approximate surface area is 122 Å². The van der Waals surface area contributed by atoms with Crippen LogP contribution >= 0.6 is 0 Å². The number of morpholine rings is 1. The van der Waals surface area contributed by atoms with Crippen LogP contribution in [0, 0.1) is 5.92 Å². The van der Waals surface area contributed by atoms with E-state index in [1.54, 1.807) is 0 Å². The van der Waals surface area contributed by atoms with Crippen molar-refractivity contribution in [1.82, 2.24) is 15.5 Å². The monoisotopic (exact) mass is 283 g/mol. The van der Waals surface area contributed by atoms with Crippen molar-refractivity contribution in [2.45, 2.75) is 45.3 Å². The first-order chi connectivity index (χ1) is 9.63. The van der Waals surface area contributed by atoms with Crippen molar-refractivity contribution in [1.29, 1.82) is 0 Å². The molecule has 1 saturated carbocycles. The zero-order chi connectivity index (χ0) is 14.4. The Balaban J connectivity index is 1.46. The van der Waals surface area contributed by atoms with Gasteiger partial charge in [-0.25, -0.2) is 0 Å². The molecule has 2 unspecified atom stereocenters. The topological polar surface area (TPSA) is 53.6 Å². The molecular formula is C15H29N3O2. The third kappa shape index (κ3) is 6.20. The van der Waals surface area contributed by atoms with Gasteiger partial charge in [0.15, 0.2) is 0 Å². The molecule has 2 rings (SSSR count). The molecule has 0 bridgehead atoms. The molecular weight excluding hydrogens is 254 g/mol. The van der Waals surface area contributed by atoms with Gasteiger partial charge in [0.1, 0.15) is 0 Å². The summed E-state index contributed by atoms with van der Waals surface area (Å²) in [6.07, 6.45) is 4.30. The lowest BCUT2D eigenvalue weighted by Crippen LogP contribution is -2.46. The van der Waals surface area contributed by atoms with E-state index >= 15 is 0 Å². The minimum atomic E-state index is 0.120. The average Bonchev–Trinajstić information content (AvgIpc) is 3.17. The zero-order valence-corrected chi connectivity index (χ0v) is 12.9. The molecule has 1 saturated heterocycles. The van der Waals surface area contributed by atoms with Gasteiger partial charge in [-0.15, -0.1) is 0 Å². The molecule has 1 amide bonds. The fourth-order valence-corrected chi connectivity index (χ4v) is 2.77. The van der Waals surface area contributed by atoms with Gasteiger partial charge in [-0.05, 0) is 45.6 Å². The number of nitrogens with one attached hydrogen (secondary N) is 2. The Kier molecular flexibility index (Phi) is 6.26. The van der Waals surface area contributed by atoms with E-state index in [0.29, 0.717) is 18.8 Å². The first-order valence-electron chi connectivity index (χ1n) is 7.98. The standard InChI is InChI=1S/C15H29N3O2/c1-12-10-18(11-13(2)20-12)7-3-6-17-15(19)9-16-8-14-4-5-14/h12-14,16H,3-11H2,1-2H3,(H,17,19). The maximum absolute atomic E-state index is 11.6. The first-order valence-corrected chi connectivity index (χ1v) is 7.98. The van der Waals surface area contributed by atoms with E-state index in [4.69, 9.17) is 4.74 Å². The number of hydrogen-bond acceptors (Lipinski definition) is 4. The summed E-state index contributed by atoms with van der Waals surface area (Å²) < 4.78 is 5.71. The van der Waals surface area contributed by atoms with Gasteiger partial charge in [0.2, 0.25) is 5.91 Å². The number of carbonyl (C=O) groups is 1. The van der Waals surface area contributed by atoms with E-state index in [1.165, 1.54) is 12.8 Å². The fraction of sp³-hybridized carbons (Fsp3) is 0.933. The quantitative estimate of drug-likeness (QED) is 0.641. The van der Waals surface area contributed by atoms with E-state index in [0.717, 1.165) is 45.1 Å². The van der Waals surface area contributed by atoms with Crippen LogP contribution in [-0.4, -0.2) is 62.3 Å². The highest BCUT2D eigenvalue weighted by atomic mass is 16.5. The molecule has 0 aromatic heterocycles. The highest BCUT2D eigenvalue weighted by Crippen LogP contribution is 2.27. The molecule has 2 N–H and O–H groups in total. The minimum absolute atomic E-state index is 0.120. The molecule has 1 heterocycles. The lowest BCUT2D eigenvalue weighted by atomic mass is 10.2. The molecule has 1 aliphatic heterocycles. The third-order valence-corrected chi connectivity index (χ3v) is 3.88. The molecule has 5 heteroatoms. The summed E-state index contributed by atoms with van der Waals surface area (Å²) in [7, 11) is 0. The van der Waals surface area contributed by atoms with Crippen molar-refractivity contribution < 1.29 is 9.53 Å². The molecule has 2 aliphatic rings.